The number of phenolic OH excluding ortho intramolecular Hbond substituents is 2. The van der Waals surface area contributed by atoms with E-state index in [4.69, 9.17) is 42.6 Å². The molecule has 3 aliphatic rings. The molecule has 0 spiro atoms. The van der Waals surface area contributed by atoms with Gasteiger partial charge in [0.1, 0.15) is 95.3 Å². The fourth-order valence-corrected chi connectivity index (χ4v) is 26.5. The van der Waals surface area contributed by atoms with Crippen molar-refractivity contribution in [3.63, 3.8) is 0 Å². The van der Waals surface area contributed by atoms with Crippen molar-refractivity contribution in [3.05, 3.63) is 163 Å². The highest BCUT2D eigenvalue weighted by atomic mass is 127. The van der Waals surface area contributed by atoms with Gasteiger partial charge in [0.25, 0.3) is 0 Å². The van der Waals surface area contributed by atoms with E-state index in [-0.39, 0.29) is 79.6 Å². The summed E-state index contributed by atoms with van der Waals surface area (Å²) in [5.74, 6) is -5.41. The third kappa shape index (κ3) is 31.1. The first-order chi connectivity index (χ1) is 57.0. The van der Waals surface area contributed by atoms with Crippen molar-refractivity contribution in [1.82, 2.24) is 0 Å². The molecule has 0 aromatic heterocycles. The van der Waals surface area contributed by atoms with E-state index in [0.717, 1.165) is 128 Å². The van der Waals surface area contributed by atoms with Gasteiger partial charge in [-0.3, -0.25) is 14.4 Å². The molecule has 0 saturated carbocycles. The molecule has 3 aliphatic heterocycles. The lowest BCUT2D eigenvalue weighted by atomic mass is 9.82. The van der Waals surface area contributed by atoms with Crippen LogP contribution < -0.4 is 16.0 Å². The fraction of sp³-hybridized carbons (Fsp3) is 0.458. The Balaban J connectivity index is 0.000000252. The van der Waals surface area contributed by atoms with Crippen molar-refractivity contribution in [2.45, 2.75) is 130 Å². The Labute approximate surface area is 929 Å². The minimum Gasteiger partial charge on any atom is -0.506 e. The molecular formula is C83H90I16N3O20+3. The monoisotopic (exact) mass is 3480 g/mol. The maximum atomic E-state index is 14.0. The van der Waals surface area contributed by atoms with E-state index in [9.17, 15) is 53.4 Å². The van der Waals surface area contributed by atoms with Gasteiger partial charge in [0.05, 0.1) is 68.7 Å². The van der Waals surface area contributed by atoms with Crippen LogP contribution in [-0.4, -0.2) is 160 Å². The van der Waals surface area contributed by atoms with Crippen LogP contribution in [0.1, 0.15) is 176 Å². The first kappa shape index (κ1) is 111. The number of hydrogen-bond donors (Lipinski definition) is 5. The Morgan fingerprint density at radius 3 is 0.730 bits per heavy atom. The molecule has 0 radical (unpaired) electrons. The van der Waals surface area contributed by atoms with Gasteiger partial charge in [-0.25, -0.2) is 28.8 Å². The van der Waals surface area contributed by atoms with E-state index < -0.39 is 100.0 Å². The summed E-state index contributed by atoms with van der Waals surface area (Å²) >= 11 is 33.7. The van der Waals surface area contributed by atoms with Gasteiger partial charge in [0.2, 0.25) is 0 Å². The number of hydrogen-bond acceptors (Lipinski definition) is 20. The van der Waals surface area contributed by atoms with E-state index >= 15 is 0 Å². The molecule has 0 aliphatic carbocycles. The Kier molecular flexibility index (Phi) is 45.8. The summed E-state index contributed by atoms with van der Waals surface area (Å²) in [6, 6.07) is 21.4. The quantitative estimate of drug-likeness (QED) is 0.0126. The van der Waals surface area contributed by atoms with Crippen LogP contribution in [0.25, 0.3) is 0 Å². The van der Waals surface area contributed by atoms with E-state index in [0.29, 0.717) is 29.4 Å². The predicted molar refractivity (Wildman–Crippen MR) is 594 cm³/mol. The van der Waals surface area contributed by atoms with Crippen LogP contribution in [-0.2, 0) is 57.0 Å². The molecule has 0 unspecified atom stereocenters. The Morgan fingerprint density at radius 1 is 0.303 bits per heavy atom. The van der Waals surface area contributed by atoms with Crippen molar-refractivity contribution >= 4 is 415 Å². The van der Waals surface area contributed by atoms with Crippen LogP contribution in [0, 0.1) is 91.1 Å². The molecule has 3 heterocycles. The summed E-state index contributed by atoms with van der Waals surface area (Å²) < 4.78 is 65.5. The largest absolute Gasteiger partial charge is 0.506 e. The second-order valence-electron chi connectivity index (χ2n) is 31.2. The lowest BCUT2D eigenvalue weighted by Crippen LogP contribution is -2.86. The number of phenols is 2. The van der Waals surface area contributed by atoms with Crippen molar-refractivity contribution in [3.8, 4) is 11.5 Å². The van der Waals surface area contributed by atoms with Gasteiger partial charge < -0.3 is 68.8 Å². The maximum absolute atomic E-state index is 14.0. The summed E-state index contributed by atoms with van der Waals surface area (Å²) in [5.41, 5.74) is -4.91. The van der Waals surface area contributed by atoms with Crippen LogP contribution in [0.4, 0.5) is 0 Å². The summed E-state index contributed by atoms with van der Waals surface area (Å²) in [7, 11) is 0. The highest BCUT2D eigenvalue weighted by molar-refractivity contribution is 14.1. The standard InChI is InChI=1S/C28H29I6NO6.C28H31I4NO8.C27H27I6NO6/c1-4-28(26(38)41-27(2,3)15-5-7-35-8-6-15,13-39-24(36)18-9-16(29)11-20(31)22(18)33)14-40-25(37)19-10-17(30)12-21(32)23(19)34;1-4-28(26(38)41-27(2,3)15-5-7-33-8-6-15,13-39-24(36)18-9-16(29)11-20(31)22(18)34)14-40-25(37)19-10-17(30)12-21(32)23(19)35;1-26(2,14-4-6-34-7-5-14)40-25(37)27(3,12-38-23(35)17-8-15(28)10-19(30)21(17)32)13-39-24(36)18-9-16(29)11-20(31)22(18)33/h9-12,15,35H,4-8,13-14H2,1-3H3;9-12,15,33-35H,4-8,13-14H2,1-3H3;8-11,14,34H,4-7,12-13H2,1-3H3/p+3. The molecule has 0 bridgehead atoms. The van der Waals surface area contributed by atoms with Crippen molar-refractivity contribution in [2.75, 3.05) is 78.9 Å². The Hall–Kier alpha value is 1.71. The summed E-state index contributed by atoms with van der Waals surface area (Å²) in [5, 5.41) is 27.7. The molecule has 39 heteroatoms. The normalized spacial score (nSPS) is 14.5. The zero-order valence-corrected chi connectivity index (χ0v) is 102. The summed E-state index contributed by atoms with van der Waals surface area (Å²) in [6.07, 6.45) is 5.92. The number of carbonyl (C=O) groups excluding carboxylic acids is 9. The SMILES string of the molecule is CC(COC(=O)c1cc(I)cc(I)c1I)(COC(=O)c1cc(I)cc(I)c1I)C(=O)OC(C)(C)C1CC[NH2+]CC1.CCC(COC(=O)c1cc(I)cc(I)c1I)(COC(=O)c1cc(I)cc(I)c1I)C(=O)OC(C)(C)C1CC[NH2+]CC1.CCC(COC(=O)c1cc(I)cc(I)c1O)(COC(=O)c1cc(I)cc(I)c1O)C(=O)OC(C)(C)C1CC[NH2+]CC1. The van der Waals surface area contributed by atoms with Crippen molar-refractivity contribution in [2.24, 2.45) is 34.0 Å². The molecule has 6 aromatic carbocycles. The lowest BCUT2D eigenvalue weighted by molar-refractivity contribution is -0.666. The predicted octanol–water partition coefficient (Wildman–Crippen LogP) is 18.9. The van der Waals surface area contributed by atoms with Crippen LogP contribution in [0.15, 0.2) is 72.8 Å². The number of esters is 9. The van der Waals surface area contributed by atoms with Crippen molar-refractivity contribution in [1.29, 1.82) is 0 Å². The van der Waals surface area contributed by atoms with Gasteiger partial charge in [-0.05, 0) is 496 Å². The van der Waals surface area contributed by atoms with Gasteiger partial charge >= 0.3 is 53.7 Å². The minimum atomic E-state index is -1.53. The first-order valence-corrected chi connectivity index (χ1v) is 55.4. The molecule has 8 N–H and O–H groups in total. The van der Waals surface area contributed by atoms with Crippen molar-refractivity contribution < 1.29 is 112 Å². The Morgan fingerprint density at radius 2 is 0.500 bits per heavy atom. The molecule has 3 fully saturated rings. The van der Waals surface area contributed by atoms with Crippen LogP contribution >= 0.6 is 361 Å². The third-order valence-electron chi connectivity index (χ3n) is 21.4. The number of benzene rings is 6. The molecule has 0 atom stereocenters. The summed E-state index contributed by atoms with van der Waals surface area (Å²) in [4.78, 5) is 121. The minimum absolute atomic E-state index is 0.0335. The summed E-state index contributed by atoms with van der Waals surface area (Å²) in [6.45, 7) is 20.4. The van der Waals surface area contributed by atoms with Crippen LogP contribution in [0.5, 0.6) is 11.5 Å². The number of rotatable bonds is 29. The number of quaternary nitrogens is 3. The number of halogens is 16. The Bertz CT molecular complexity index is 4440. The number of ether oxygens (including phenoxy) is 9. The molecule has 23 nitrogen and oxygen atoms in total. The fourth-order valence-electron chi connectivity index (χ4n) is 13.3. The molecule has 3 saturated heterocycles. The second-order valence-corrected chi connectivity index (χ2v) is 50.0. The molecule has 122 heavy (non-hydrogen) atoms. The smallest absolute Gasteiger partial charge is 0.342 e. The van der Waals surface area contributed by atoms with Gasteiger partial charge in [0.15, 0.2) is 0 Å². The van der Waals surface area contributed by atoms with Gasteiger partial charge in [0, 0.05) is 106 Å². The zero-order chi connectivity index (χ0) is 90.9. The topological polar surface area (TPSA) is 327 Å². The lowest BCUT2D eigenvalue weighted by Gasteiger charge is -2.39. The van der Waals surface area contributed by atoms with E-state index in [2.05, 4.69) is 287 Å². The molecule has 9 rings (SSSR count). The average Bonchev–Trinajstić information content (AvgIpc) is 0.785. The van der Waals surface area contributed by atoms with E-state index in [1.807, 2.05) is 163 Å². The van der Waals surface area contributed by atoms with Gasteiger partial charge in [-0.15, -0.1) is 0 Å². The number of nitrogens with two attached hydrogens (primary N) is 3. The third-order valence-corrected chi connectivity index (χ3v) is 38.9. The highest BCUT2D eigenvalue weighted by Crippen LogP contribution is 2.41. The van der Waals surface area contributed by atoms with Crippen LogP contribution in [0.3, 0.4) is 0 Å². The molecule has 0 amide bonds. The molecule has 6 aromatic rings. The first-order valence-electron chi connectivity index (χ1n) is 38.2. The average molecular weight is 3480 g/mol. The second kappa shape index (κ2) is 50.5. The van der Waals surface area contributed by atoms with Crippen LogP contribution in [0.2, 0.25) is 0 Å². The highest BCUT2D eigenvalue weighted by Gasteiger charge is 2.50. The number of carbonyl (C=O) groups is 9. The molecule has 666 valence electrons. The van der Waals surface area contributed by atoms with E-state index in [1.54, 1.807) is 50.2 Å². The van der Waals surface area contributed by atoms with Gasteiger partial charge in [-0.1, -0.05) is 13.8 Å². The van der Waals surface area contributed by atoms with Gasteiger partial charge in [-0.2, -0.15) is 0 Å². The molecular weight excluding hydrogens is 3390 g/mol. The maximum Gasteiger partial charge on any atom is 0.342 e. The number of piperidine rings is 3. The van der Waals surface area contributed by atoms with E-state index in [1.165, 1.54) is 12.1 Å². The zero-order valence-electron chi connectivity index (χ0n) is 67.3. The number of aromatic hydroxyl groups is 2.